The maximum atomic E-state index is 11.5. The number of nitrogens with one attached hydrogen (secondary N) is 1. The number of unbranched alkanes of at least 4 members (excludes halogenated alkanes) is 3. The van der Waals surface area contributed by atoms with Crippen molar-refractivity contribution < 1.29 is 4.92 Å². The van der Waals surface area contributed by atoms with Gasteiger partial charge in [-0.2, -0.15) is 4.98 Å². The van der Waals surface area contributed by atoms with Crippen LogP contribution >= 0.6 is 11.6 Å². The summed E-state index contributed by atoms with van der Waals surface area (Å²) in [5.74, 6) is 0.612. The van der Waals surface area contributed by atoms with Crippen LogP contribution in [0.15, 0.2) is 60.8 Å². The molecule has 0 radical (unpaired) electrons. The Morgan fingerprint density at radius 2 is 1.63 bits per heavy atom. The second kappa shape index (κ2) is 13.6. The highest BCUT2D eigenvalue weighted by Crippen LogP contribution is 2.27. The van der Waals surface area contributed by atoms with E-state index >= 15 is 0 Å². The third-order valence-electron chi connectivity index (χ3n) is 5.82. The van der Waals surface area contributed by atoms with Gasteiger partial charge in [-0.3, -0.25) is 10.1 Å². The van der Waals surface area contributed by atoms with Gasteiger partial charge in [0.15, 0.2) is 0 Å². The summed E-state index contributed by atoms with van der Waals surface area (Å²) in [5, 5.41) is 15.2. The Labute approximate surface area is 212 Å². The summed E-state index contributed by atoms with van der Waals surface area (Å²) in [5.41, 5.74) is 2.02. The fourth-order valence-corrected chi connectivity index (χ4v) is 3.89. The van der Waals surface area contributed by atoms with Gasteiger partial charge < -0.3 is 15.1 Å². The molecule has 0 fully saturated rings. The highest BCUT2D eigenvalue weighted by atomic mass is 35.5. The average Bonchev–Trinajstić information content (AvgIpc) is 2.86. The molecule has 35 heavy (non-hydrogen) atoms. The summed E-state index contributed by atoms with van der Waals surface area (Å²) in [6.45, 7) is 2.80. The minimum Gasteiger partial charge on any atom is -0.354 e. The minimum atomic E-state index is -0.441. The number of nitro groups is 1. The van der Waals surface area contributed by atoms with Crippen LogP contribution < -0.4 is 10.2 Å². The molecule has 1 aromatic heterocycles. The van der Waals surface area contributed by atoms with Crippen LogP contribution in [0.1, 0.15) is 31.2 Å². The average molecular weight is 497 g/mol. The van der Waals surface area contributed by atoms with Crippen LogP contribution in [0.5, 0.6) is 0 Å². The molecule has 0 saturated carbocycles. The molecule has 0 aliphatic carbocycles. The first-order chi connectivity index (χ1) is 16.9. The molecule has 1 N–H and O–H groups in total. The monoisotopic (exact) mass is 496 g/mol. The second-order valence-electron chi connectivity index (χ2n) is 8.67. The van der Waals surface area contributed by atoms with Crippen molar-refractivity contribution in [2.24, 2.45) is 0 Å². The van der Waals surface area contributed by atoms with Gasteiger partial charge in [-0.1, -0.05) is 54.8 Å². The van der Waals surface area contributed by atoms with Crippen LogP contribution in [0.3, 0.4) is 0 Å². The molecule has 0 saturated heterocycles. The predicted octanol–water partition coefficient (Wildman–Crippen LogP) is 5.95. The lowest BCUT2D eigenvalue weighted by atomic mass is 10.1. The number of rotatable bonds is 14. The molecule has 0 amide bonds. The summed E-state index contributed by atoms with van der Waals surface area (Å²) < 4.78 is 0. The van der Waals surface area contributed by atoms with E-state index in [-0.39, 0.29) is 5.69 Å². The summed E-state index contributed by atoms with van der Waals surface area (Å²) in [4.78, 5) is 23.8. The summed E-state index contributed by atoms with van der Waals surface area (Å²) >= 11 is 5.93. The highest BCUT2D eigenvalue weighted by Gasteiger charge is 2.20. The van der Waals surface area contributed by atoms with Crippen molar-refractivity contribution in [3.8, 4) is 0 Å². The predicted molar refractivity (Wildman–Crippen MR) is 143 cm³/mol. The first kappa shape index (κ1) is 26.4. The van der Waals surface area contributed by atoms with Gasteiger partial charge >= 0.3 is 5.69 Å². The Morgan fingerprint density at radius 3 is 2.31 bits per heavy atom. The van der Waals surface area contributed by atoms with Gasteiger partial charge in [0.05, 0.1) is 4.92 Å². The number of halogens is 1. The molecular weight excluding hydrogens is 464 g/mol. The van der Waals surface area contributed by atoms with Gasteiger partial charge in [0.2, 0.25) is 11.8 Å². The quantitative estimate of drug-likeness (QED) is 0.167. The Morgan fingerprint density at radius 1 is 0.943 bits per heavy atom. The van der Waals surface area contributed by atoms with Crippen LogP contribution in [0, 0.1) is 10.1 Å². The van der Waals surface area contributed by atoms with E-state index in [4.69, 9.17) is 11.6 Å². The molecule has 3 rings (SSSR count). The zero-order valence-corrected chi connectivity index (χ0v) is 21.1. The first-order valence-corrected chi connectivity index (χ1v) is 12.3. The van der Waals surface area contributed by atoms with Crippen molar-refractivity contribution in [1.29, 1.82) is 0 Å². The van der Waals surface area contributed by atoms with Crippen molar-refractivity contribution in [2.75, 3.05) is 43.9 Å². The smallest absolute Gasteiger partial charge is 0.329 e. The van der Waals surface area contributed by atoms with E-state index in [1.165, 1.54) is 11.8 Å². The molecular formula is C26H33ClN6O2. The summed E-state index contributed by atoms with van der Waals surface area (Å²) in [6.07, 6.45) is 6.57. The maximum absolute atomic E-state index is 11.5. The van der Waals surface area contributed by atoms with Crippen LogP contribution in [-0.2, 0) is 6.42 Å². The minimum absolute atomic E-state index is 0.103. The van der Waals surface area contributed by atoms with E-state index in [0.29, 0.717) is 23.3 Å². The van der Waals surface area contributed by atoms with Crippen molar-refractivity contribution in [3.05, 3.63) is 81.5 Å². The van der Waals surface area contributed by atoms with Gasteiger partial charge in [0.25, 0.3) is 0 Å². The number of likely N-dealkylation sites (N-methyl/N-ethyl adjacent to an activating group) is 1. The molecule has 9 heteroatoms. The van der Waals surface area contributed by atoms with Gasteiger partial charge in [-0.15, -0.1) is 0 Å². The Balaban J connectivity index is 1.43. The van der Waals surface area contributed by atoms with E-state index in [2.05, 4.69) is 51.5 Å². The third kappa shape index (κ3) is 8.81. The van der Waals surface area contributed by atoms with Gasteiger partial charge in [-0.05, 0) is 62.7 Å². The number of nitrogens with zero attached hydrogens (tertiary/aromatic N) is 5. The normalized spacial score (nSPS) is 11.0. The Hall–Kier alpha value is -3.23. The topological polar surface area (TPSA) is 87.4 Å². The van der Waals surface area contributed by atoms with Crippen LogP contribution in [-0.4, -0.2) is 53.5 Å². The van der Waals surface area contributed by atoms with E-state index in [1.54, 1.807) is 24.3 Å². The number of aromatic nitrogens is 2. The SMILES string of the molecule is CN(CCCCCCN(C)c1nc(Nc2ccc(Cl)cc2)ncc1[N+](=O)[O-])CCc1ccccc1. The zero-order valence-electron chi connectivity index (χ0n) is 20.4. The molecule has 0 aliphatic heterocycles. The van der Waals surface area contributed by atoms with Gasteiger partial charge in [0, 0.05) is 30.8 Å². The second-order valence-corrected chi connectivity index (χ2v) is 9.10. The van der Waals surface area contributed by atoms with Crippen molar-refractivity contribution in [2.45, 2.75) is 32.1 Å². The van der Waals surface area contributed by atoms with Crippen LogP contribution in [0.25, 0.3) is 0 Å². The van der Waals surface area contributed by atoms with E-state index < -0.39 is 4.92 Å². The van der Waals surface area contributed by atoms with Gasteiger partial charge in [-0.25, -0.2) is 4.98 Å². The lowest BCUT2D eigenvalue weighted by molar-refractivity contribution is -0.384. The number of hydrogen-bond acceptors (Lipinski definition) is 7. The molecule has 0 unspecified atom stereocenters. The molecule has 8 nitrogen and oxygen atoms in total. The fourth-order valence-electron chi connectivity index (χ4n) is 3.77. The molecule has 0 bridgehead atoms. The lowest BCUT2D eigenvalue weighted by Crippen LogP contribution is -2.23. The van der Waals surface area contributed by atoms with Gasteiger partial charge in [0.1, 0.15) is 6.20 Å². The third-order valence-corrected chi connectivity index (χ3v) is 6.07. The molecule has 0 atom stereocenters. The van der Waals surface area contributed by atoms with Crippen molar-refractivity contribution in [3.63, 3.8) is 0 Å². The van der Waals surface area contributed by atoms with E-state index in [9.17, 15) is 10.1 Å². The lowest BCUT2D eigenvalue weighted by Gasteiger charge is -2.19. The molecule has 186 valence electrons. The summed E-state index contributed by atoms with van der Waals surface area (Å²) in [7, 11) is 4.00. The largest absolute Gasteiger partial charge is 0.354 e. The van der Waals surface area contributed by atoms with Crippen LogP contribution in [0.4, 0.5) is 23.1 Å². The standard InChI is InChI=1S/C26H33ClN6O2/c1-31(19-16-21-10-6-5-7-11-21)17-8-3-4-9-18-32(2)25-24(33(34)35)20-28-26(30-25)29-23-14-12-22(27)13-15-23/h5-7,10-15,20H,3-4,8-9,16-19H2,1-2H3,(H,28,29,30). The summed E-state index contributed by atoms with van der Waals surface area (Å²) in [6, 6.07) is 17.7. The molecule has 3 aromatic rings. The Kier molecular flexibility index (Phi) is 10.3. The van der Waals surface area contributed by atoms with Crippen molar-refractivity contribution >= 4 is 34.7 Å². The zero-order chi connectivity index (χ0) is 25.0. The highest BCUT2D eigenvalue weighted by molar-refractivity contribution is 6.30. The maximum Gasteiger partial charge on any atom is 0.329 e. The molecule has 0 spiro atoms. The molecule has 0 aliphatic rings. The number of benzene rings is 2. The number of hydrogen-bond donors (Lipinski definition) is 1. The fraction of sp³-hybridized carbons (Fsp3) is 0.385. The van der Waals surface area contributed by atoms with E-state index in [0.717, 1.165) is 50.9 Å². The molecule has 2 aromatic carbocycles. The van der Waals surface area contributed by atoms with Crippen molar-refractivity contribution in [1.82, 2.24) is 14.9 Å². The van der Waals surface area contributed by atoms with Crippen LogP contribution in [0.2, 0.25) is 5.02 Å². The molecule has 1 heterocycles. The first-order valence-electron chi connectivity index (χ1n) is 11.9. The Bertz CT molecular complexity index is 1070. The number of anilines is 3. The van der Waals surface area contributed by atoms with E-state index in [1.807, 2.05) is 18.0 Å².